The number of hydrogen-bond donors (Lipinski definition) is 0. The van der Waals surface area contributed by atoms with Crippen LogP contribution in [0.3, 0.4) is 0 Å². The third-order valence-electron chi connectivity index (χ3n) is 2.58. The van der Waals surface area contributed by atoms with Crippen molar-refractivity contribution < 1.29 is 33.6 Å². The van der Waals surface area contributed by atoms with Gasteiger partial charge in [-0.25, -0.2) is 0 Å². The zero-order valence-corrected chi connectivity index (χ0v) is 12.2. The predicted octanol–water partition coefficient (Wildman–Crippen LogP) is 1.45. The first-order valence-electron chi connectivity index (χ1n) is 4.98. The summed E-state index contributed by atoms with van der Waals surface area (Å²) >= 11 is 1.30. The zero-order valence-electron chi connectivity index (χ0n) is 9.23. The monoisotopic (exact) mass is 380 g/mol. The summed E-state index contributed by atoms with van der Waals surface area (Å²) in [6.07, 6.45) is 4.91. The third-order valence-corrected chi connectivity index (χ3v) is 4.15. The minimum absolute atomic E-state index is 0.154. The fraction of sp³-hybridized carbons (Fsp3) is 0.636. The van der Waals surface area contributed by atoms with Gasteiger partial charge in [-0.3, -0.25) is 0 Å². The number of hydrogen-bond acceptors (Lipinski definition) is 3. The fourth-order valence-electron chi connectivity index (χ4n) is 1.82. The van der Waals surface area contributed by atoms with Crippen LogP contribution in [0.2, 0.25) is 0 Å². The van der Waals surface area contributed by atoms with Gasteiger partial charge in [-0.05, 0) is 0 Å². The van der Waals surface area contributed by atoms with Gasteiger partial charge in [0.15, 0.2) is 0 Å². The van der Waals surface area contributed by atoms with Crippen molar-refractivity contribution in [2.24, 2.45) is 11.8 Å². The van der Waals surface area contributed by atoms with Crippen molar-refractivity contribution >= 4 is 10.1 Å². The molecule has 3 nitrogen and oxygen atoms in total. The van der Waals surface area contributed by atoms with Gasteiger partial charge in [-0.1, -0.05) is 0 Å². The van der Waals surface area contributed by atoms with E-state index in [4.69, 9.17) is 9.47 Å². The molecule has 0 aromatic rings. The van der Waals surface area contributed by atoms with Crippen LogP contribution in [0.5, 0.6) is 0 Å². The van der Waals surface area contributed by atoms with Crippen LogP contribution in [-0.2, 0) is 33.6 Å². The van der Waals surface area contributed by atoms with E-state index in [1.807, 2.05) is 6.08 Å². The zero-order chi connectivity index (χ0) is 11.4. The topological polar surface area (TPSA) is 35.5 Å². The van der Waals surface area contributed by atoms with Crippen molar-refractivity contribution in [1.29, 1.82) is 0 Å². The van der Waals surface area contributed by atoms with Gasteiger partial charge < -0.3 is 0 Å². The number of esters is 1. The Bertz CT molecular complexity index is 286. The molecule has 1 aliphatic carbocycles. The van der Waals surface area contributed by atoms with Crippen LogP contribution in [0, 0.1) is 11.8 Å². The van der Waals surface area contributed by atoms with Gasteiger partial charge in [-0.2, -0.15) is 0 Å². The number of methoxy groups -OCH3 is 1. The van der Waals surface area contributed by atoms with Gasteiger partial charge >= 0.3 is 101 Å². The van der Waals surface area contributed by atoms with E-state index in [0.717, 1.165) is 10.5 Å². The van der Waals surface area contributed by atoms with Gasteiger partial charge in [-0.15, -0.1) is 0 Å². The molecule has 0 aromatic heterocycles. The van der Waals surface area contributed by atoms with E-state index < -0.39 is 0 Å². The van der Waals surface area contributed by atoms with Crippen LogP contribution in [0.4, 0.5) is 0 Å². The van der Waals surface area contributed by atoms with Gasteiger partial charge in [0.1, 0.15) is 0 Å². The molecule has 0 aromatic carbocycles. The summed E-state index contributed by atoms with van der Waals surface area (Å²) in [5.74, 6) is 0.438. The Balaban J connectivity index is 2.80. The molecule has 1 aliphatic rings. The summed E-state index contributed by atoms with van der Waals surface area (Å²) in [6.45, 7) is 3.60. The summed E-state index contributed by atoms with van der Waals surface area (Å²) in [5, 5.41) is 0. The molecule has 4 heteroatoms. The maximum absolute atomic E-state index is 11.0. The molecule has 0 saturated heterocycles. The van der Waals surface area contributed by atoms with Crippen molar-refractivity contribution in [3.05, 3.63) is 12.2 Å². The van der Waals surface area contributed by atoms with Crippen LogP contribution >= 0.6 is 0 Å². The van der Waals surface area contributed by atoms with Crippen LogP contribution < -0.4 is 0 Å². The predicted molar refractivity (Wildman–Crippen MR) is 54.0 cm³/mol. The minimum atomic E-state index is -0.234. The molecule has 0 fully saturated rings. The van der Waals surface area contributed by atoms with Gasteiger partial charge in [0.05, 0.1) is 0 Å². The second kappa shape index (κ2) is 5.71. The third kappa shape index (κ3) is 3.35. The van der Waals surface area contributed by atoms with Crippen molar-refractivity contribution in [1.82, 2.24) is 0 Å². The van der Waals surface area contributed by atoms with Gasteiger partial charge in [0.2, 0.25) is 0 Å². The van der Waals surface area contributed by atoms with E-state index in [1.54, 1.807) is 7.11 Å². The molecule has 0 radical (unpaired) electrons. The summed E-state index contributed by atoms with van der Waals surface area (Å²) in [4.78, 5) is 11.0. The molecule has 15 heavy (non-hydrogen) atoms. The maximum atomic E-state index is 11.0. The summed E-state index contributed by atoms with van der Waals surface area (Å²) < 4.78 is 11.6. The normalized spacial score (nSPS) is 29.9. The molecule has 0 spiro atoms. The first-order valence-corrected chi connectivity index (χ1v) is 6.44. The first kappa shape index (κ1) is 12.8. The molecule has 84 valence electrons. The quantitative estimate of drug-likeness (QED) is 0.550. The Morgan fingerprint density at radius 1 is 1.53 bits per heavy atom. The number of rotatable bonds is 3. The van der Waals surface area contributed by atoms with Crippen LogP contribution in [0.15, 0.2) is 12.2 Å². The van der Waals surface area contributed by atoms with E-state index in [0.29, 0.717) is 5.92 Å². The molecule has 0 saturated carbocycles. The SMILES string of the molecule is CO[C](=[W])[C@H]1[C@@H](OC(C)=O)C=CC[C@@H]1C. The standard InChI is InChI=1S/C11H16O3.W/c1-8-5-4-6-11(14-9(2)12)10(8)7-13-3;/h4,6,8,10-11H,5H2,1-3H3;/t8-,10+,11-;/m0./s1. The van der Waals surface area contributed by atoms with Crippen molar-refractivity contribution in [2.45, 2.75) is 26.4 Å². The summed E-state index contributed by atoms with van der Waals surface area (Å²) in [5.41, 5.74) is 0. The van der Waals surface area contributed by atoms with Crippen LogP contribution in [-0.4, -0.2) is 23.3 Å². The number of carbonyl (C=O) groups is 1. The molecular weight excluding hydrogens is 364 g/mol. The van der Waals surface area contributed by atoms with E-state index in [1.165, 1.54) is 26.3 Å². The molecule has 0 N–H and O–H groups in total. The molecule has 0 heterocycles. The summed E-state index contributed by atoms with van der Waals surface area (Å²) in [6, 6.07) is 0. The van der Waals surface area contributed by atoms with E-state index in [-0.39, 0.29) is 18.0 Å². The Morgan fingerprint density at radius 2 is 2.20 bits per heavy atom. The Kier molecular flexibility index (Phi) is 4.87. The fourth-order valence-corrected chi connectivity index (χ4v) is 3.14. The van der Waals surface area contributed by atoms with Crippen molar-refractivity contribution in [3.63, 3.8) is 0 Å². The molecule has 0 bridgehead atoms. The average molecular weight is 380 g/mol. The van der Waals surface area contributed by atoms with Gasteiger partial charge in [0.25, 0.3) is 0 Å². The van der Waals surface area contributed by atoms with Crippen molar-refractivity contribution in [3.8, 4) is 0 Å². The molecule has 0 unspecified atom stereocenters. The van der Waals surface area contributed by atoms with E-state index in [9.17, 15) is 4.79 Å². The Hall–Kier alpha value is -0.272. The van der Waals surface area contributed by atoms with Crippen LogP contribution in [0.25, 0.3) is 0 Å². The molecule has 1 rings (SSSR count). The molecule has 0 aliphatic heterocycles. The van der Waals surface area contributed by atoms with E-state index in [2.05, 4.69) is 13.0 Å². The summed E-state index contributed by atoms with van der Waals surface area (Å²) in [7, 11) is 1.68. The Labute approximate surface area is 101 Å². The first-order chi connectivity index (χ1) is 7.06. The van der Waals surface area contributed by atoms with Gasteiger partial charge in [0, 0.05) is 0 Å². The van der Waals surface area contributed by atoms with E-state index >= 15 is 0 Å². The number of ether oxygens (including phenoxy) is 2. The number of allylic oxidation sites excluding steroid dienone is 1. The second-order valence-electron chi connectivity index (χ2n) is 3.76. The molecular formula is C11H16O3W. The average Bonchev–Trinajstić information content (AvgIpc) is 2.16. The Morgan fingerprint density at radius 3 is 2.73 bits per heavy atom. The van der Waals surface area contributed by atoms with Crippen molar-refractivity contribution in [2.75, 3.05) is 7.11 Å². The molecule has 0 amide bonds. The second-order valence-corrected chi connectivity index (χ2v) is 5.21. The van der Waals surface area contributed by atoms with Crippen LogP contribution in [0.1, 0.15) is 20.3 Å². The molecule has 3 atom stereocenters. The number of carbonyl (C=O) groups excluding carboxylic acids is 1.